The number of piperidine rings is 1. The highest BCUT2D eigenvalue weighted by molar-refractivity contribution is 7.90. The van der Waals surface area contributed by atoms with Gasteiger partial charge in [0.2, 0.25) is 11.8 Å². The zero-order valence-corrected chi connectivity index (χ0v) is 35.1. The van der Waals surface area contributed by atoms with Crippen LogP contribution >= 0.6 is 11.6 Å². The summed E-state index contributed by atoms with van der Waals surface area (Å²) in [5, 5.41) is 9.49. The first kappa shape index (κ1) is 41.9. The number of unbranched alkanes of at least 4 members (excludes halogenated alkanes) is 2. The maximum Gasteiger partial charge on any atom is 0.269 e. The lowest BCUT2D eigenvalue weighted by atomic mass is 9.48. The molecule has 1 unspecified atom stereocenters. The van der Waals surface area contributed by atoms with Crippen LogP contribution in [0.4, 0.5) is 5.82 Å². The van der Waals surface area contributed by atoms with Gasteiger partial charge in [0, 0.05) is 61.8 Å². The zero-order valence-electron chi connectivity index (χ0n) is 33.5. The molecule has 0 bridgehead atoms. The average molecular weight is 846 g/mol. The van der Waals surface area contributed by atoms with Crippen LogP contribution in [-0.4, -0.2) is 109 Å². The van der Waals surface area contributed by atoms with Crippen LogP contribution in [0.1, 0.15) is 86.1 Å². The number of primary amides is 1. The molecule has 7 rings (SSSR count). The lowest BCUT2D eigenvalue weighted by molar-refractivity contribution is -0.216. The van der Waals surface area contributed by atoms with Crippen molar-refractivity contribution < 1.29 is 37.1 Å². The van der Waals surface area contributed by atoms with Crippen molar-refractivity contribution in [2.75, 3.05) is 44.2 Å². The van der Waals surface area contributed by atoms with Crippen LogP contribution in [0.3, 0.4) is 0 Å². The average Bonchev–Trinajstić information content (AvgIpc) is 3.40. The molecule has 59 heavy (non-hydrogen) atoms. The molecule has 3 fully saturated rings. The van der Waals surface area contributed by atoms with Gasteiger partial charge in [0.25, 0.3) is 21.8 Å². The predicted molar refractivity (Wildman–Crippen MR) is 217 cm³/mol. The highest BCUT2D eigenvalue weighted by Crippen LogP contribution is 2.59. The van der Waals surface area contributed by atoms with E-state index in [9.17, 15) is 32.9 Å². The molecule has 2 saturated heterocycles. The summed E-state index contributed by atoms with van der Waals surface area (Å²) in [7, 11) is -4.45. The fraction of sp³-hybridized carbons (Fsp3) is 0.476. The van der Waals surface area contributed by atoms with Gasteiger partial charge in [0.05, 0.1) is 34.4 Å². The molecule has 1 aromatic heterocycles. The van der Waals surface area contributed by atoms with E-state index in [1.165, 1.54) is 18.3 Å². The first-order chi connectivity index (χ1) is 28.0. The van der Waals surface area contributed by atoms with Crippen LogP contribution < -0.4 is 20.1 Å². The summed E-state index contributed by atoms with van der Waals surface area (Å²) in [6.07, 6.45) is 3.35. The predicted octanol–water partition coefficient (Wildman–Crippen LogP) is 4.62. The van der Waals surface area contributed by atoms with E-state index in [0.717, 1.165) is 62.7 Å². The quantitative estimate of drug-likeness (QED) is 0.186. The summed E-state index contributed by atoms with van der Waals surface area (Å²) in [5.74, 6) is -0.961. The lowest BCUT2D eigenvalue weighted by Crippen LogP contribution is -2.77. The van der Waals surface area contributed by atoms with Crippen molar-refractivity contribution in [2.45, 2.75) is 82.9 Å². The summed E-state index contributed by atoms with van der Waals surface area (Å²) in [6, 6.07) is 12.5. The Bertz CT molecular complexity index is 2310. The summed E-state index contributed by atoms with van der Waals surface area (Å²) in [6.45, 7) is 12.2. The van der Waals surface area contributed by atoms with Crippen molar-refractivity contribution in [3.05, 3.63) is 76.4 Å². The van der Waals surface area contributed by atoms with Gasteiger partial charge >= 0.3 is 0 Å². The number of imide groups is 1. The molecule has 312 valence electrons. The zero-order chi connectivity index (χ0) is 42.4. The van der Waals surface area contributed by atoms with Crippen LogP contribution in [0.5, 0.6) is 11.5 Å². The van der Waals surface area contributed by atoms with Gasteiger partial charge in [0.1, 0.15) is 40.4 Å². The van der Waals surface area contributed by atoms with Gasteiger partial charge in [-0.25, -0.2) is 17.7 Å². The number of nitriles is 1. The Balaban J connectivity index is 0.929. The van der Waals surface area contributed by atoms with E-state index >= 15 is 0 Å². The van der Waals surface area contributed by atoms with Gasteiger partial charge in [-0.2, -0.15) is 5.26 Å². The van der Waals surface area contributed by atoms with Crippen LogP contribution in [0.2, 0.25) is 5.02 Å². The Morgan fingerprint density at radius 1 is 0.966 bits per heavy atom. The molecule has 1 aliphatic carbocycles. The molecule has 0 radical (unpaired) electrons. The number of carbonyl (C=O) groups excluding carboxylic acids is 4. The summed E-state index contributed by atoms with van der Waals surface area (Å²) in [4.78, 5) is 62.8. The summed E-state index contributed by atoms with van der Waals surface area (Å²) in [5.41, 5.74) is 4.39. The third-order valence-electron chi connectivity index (χ3n) is 12.1. The Labute approximate surface area is 349 Å². The fourth-order valence-corrected chi connectivity index (χ4v) is 11.5. The van der Waals surface area contributed by atoms with Crippen molar-refractivity contribution >= 4 is 51.1 Å². The monoisotopic (exact) mass is 845 g/mol. The smallest absolute Gasteiger partial charge is 0.269 e. The van der Waals surface area contributed by atoms with Crippen LogP contribution in [0, 0.1) is 22.2 Å². The summed E-state index contributed by atoms with van der Waals surface area (Å²) >= 11 is 6.25. The van der Waals surface area contributed by atoms with E-state index in [-0.39, 0.29) is 28.3 Å². The number of fused-ring (bicyclic) bond motifs is 1. The number of hydrogen-bond donors (Lipinski definition) is 1. The molecule has 0 spiro atoms. The number of nitrogens with two attached hydrogens (primary N) is 1. The molecule has 3 aliphatic heterocycles. The molecule has 4 heterocycles. The van der Waals surface area contributed by atoms with E-state index in [0.29, 0.717) is 33.5 Å². The van der Waals surface area contributed by atoms with Gasteiger partial charge in [-0.3, -0.25) is 29.0 Å². The van der Waals surface area contributed by atoms with Gasteiger partial charge in [-0.05, 0) is 68.6 Å². The second kappa shape index (κ2) is 16.1. The molecule has 4 aliphatic rings. The number of sulfonamides is 1. The number of halogens is 1. The maximum atomic E-state index is 14.3. The van der Waals surface area contributed by atoms with Gasteiger partial charge in [0.15, 0.2) is 0 Å². The molecule has 3 aromatic rings. The third-order valence-corrected chi connectivity index (χ3v) is 14.2. The minimum absolute atomic E-state index is 0.0500. The number of ether oxygens (including phenoxy) is 2. The number of benzene rings is 2. The third kappa shape index (κ3) is 7.71. The van der Waals surface area contributed by atoms with Gasteiger partial charge < -0.3 is 20.1 Å². The van der Waals surface area contributed by atoms with Gasteiger partial charge in [-0.1, -0.05) is 39.3 Å². The number of pyridine rings is 1. The van der Waals surface area contributed by atoms with Crippen molar-refractivity contribution in [2.24, 2.45) is 16.6 Å². The molecule has 1 atom stereocenters. The molecule has 4 amide bonds. The molecular formula is C42H48ClN7O8S. The second-order valence-electron chi connectivity index (χ2n) is 16.7. The molecule has 17 heteroatoms. The highest BCUT2D eigenvalue weighted by atomic mass is 35.5. The van der Waals surface area contributed by atoms with Crippen LogP contribution in [-0.2, 0) is 19.6 Å². The van der Waals surface area contributed by atoms with Crippen LogP contribution in [0.15, 0.2) is 59.6 Å². The molecular weight excluding hydrogens is 798 g/mol. The largest absolute Gasteiger partial charge is 0.494 e. The van der Waals surface area contributed by atoms with Crippen molar-refractivity contribution in [3.63, 3.8) is 0 Å². The number of anilines is 1. The van der Waals surface area contributed by atoms with E-state index < -0.39 is 62.7 Å². The van der Waals surface area contributed by atoms with Crippen molar-refractivity contribution in [1.29, 1.82) is 5.26 Å². The van der Waals surface area contributed by atoms with Crippen LogP contribution in [0.25, 0.3) is 0 Å². The normalized spacial score (nSPS) is 23.4. The number of aromatic nitrogens is 1. The number of amides is 4. The van der Waals surface area contributed by atoms with E-state index in [1.54, 1.807) is 30.3 Å². The van der Waals surface area contributed by atoms with Crippen molar-refractivity contribution in [3.8, 4) is 17.6 Å². The number of rotatable bonds is 13. The topological polar surface area (TPSA) is 197 Å². The standard InChI is InChI=1S/C42H48ClN7O8S/c1-41(2)39(42(3,4)40(41)58-29-10-8-26(24-44)31(43)22-29)49-35(51)15-13-32(38(49)54)50-37(53)30-12-11-28(23-33(30)59(50,55)56)57-21-7-5-6-16-47-17-19-48(20-18-47)34-14-9-27(25-46-34)36(45)52/h8-12,14,22-23,25,32,39-40H,5-7,13,15-21H2,1-4H3,(H2,45,52). The molecule has 2 aromatic carbocycles. The lowest BCUT2D eigenvalue weighted by Gasteiger charge is -2.65. The Kier molecular flexibility index (Phi) is 11.4. The highest BCUT2D eigenvalue weighted by Gasteiger charge is 2.68. The number of nitrogens with zero attached hydrogens (tertiary/aromatic N) is 6. The second-order valence-corrected chi connectivity index (χ2v) is 18.9. The SMILES string of the molecule is CC1(C)C(Oc2ccc(C#N)c(Cl)c2)C(C)(C)C1N1C(=O)CCC(N2C(=O)c3ccc(OCCCCCN4CCN(c5ccc(C(N)=O)cn5)CC4)cc3S2(=O)=O)C1=O. The molecule has 2 N–H and O–H groups in total. The fourth-order valence-electron chi connectivity index (χ4n) is 9.50. The van der Waals surface area contributed by atoms with E-state index in [2.05, 4.69) is 14.8 Å². The molecule has 1 saturated carbocycles. The van der Waals surface area contributed by atoms with E-state index in [1.807, 2.05) is 39.8 Å². The van der Waals surface area contributed by atoms with E-state index in [4.69, 9.17) is 26.8 Å². The number of hydrogen-bond acceptors (Lipinski definition) is 12. The maximum absolute atomic E-state index is 14.3. The summed E-state index contributed by atoms with van der Waals surface area (Å²) < 4.78 is 41.0. The first-order valence-corrected chi connectivity index (χ1v) is 21.6. The first-order valence-electron chi connectivity index (χ1n) is 19.8. The Morgan fingerprint density at radius 3 is 2.32 bits per heavy atom. The number of carbonyl (C=O) groups is 4. The minimum atomic E-state index is -4.45. The molecule has 15 nitrogen and oxygen atoms in total. The Hall–Kier alpha value is -5.24. The number of piperazine rings is 1. The van der Waals surface area contributed by atoms with Gasteiger partial charge in [-0.15, -0.1) is 0 Å². The van der Waals surface area contributed by atoms with Crippen molar-refractivity contribution in [1.82, 2.24) is 19.1 Å². The Morgan fingerprint density at radius 2 is 1.68 bits per heavy atom. The minimum Gasteiger partial charge on any atom is -0.494 e. The number of likely N-dealkylation sites (tertiary alicyclic amines) is 1.